The number of nitrogens with zero attached hydrogens (tertiary/aromatic N) is 1. The number of rotatable bonds is 5. The van der Waals surface area contributed by atoms with E-state index in [0.717, 1.165) is 5.56 Å². The second-order valence-corrected chi connectivity index (χ2v) is 6.41. The molecule has 0 saturated heterocycles. The zero-order valence-corrected chi connectivity index (χ0v) is 13.0. The molecule has 0 radical (unpaired) electrons. The van der Waals surface area contributed by atoms with Crippen molar-refractivity contribution in [1.82, 2.24) is 10.3 Å². The van der Waals surface area contributed by atoms with E-state index in [-0.39, 0.29) is 17.3 Å². The molecule has 1 saturated carbocycles. The summed E-state index contributed by atoms with van der Waals surface area (Å²) in [7, 11) is 0. The van der Waals surface area contributed by atoms with E-state index >= 15 is 0 Å². The number of aliphatic hydroxyl groups excluding tert-OH is 1. The monoisotopic (exact) mass is 304 g/mol. The summed E-state index contributed by atoms with van der Waals surface area (Å²) in [5.74, 6) is 5.58. The van der Waals surface area contributed by atoms with Crippen LogP contribution in [0.25, 0.3) is 0 Å². The highest BCUT2D eigenvalue weighted by Crippen LogP contribution is 2.42. The fourth-order valence-corrected chi connectivity index (χ4v) is 3.09. The van der Waals surface area contributed by atoms with Gasteiger partial charge in [0, 0.05) is 29.5 Å². The Labute approximate surface area is 129 Å². The van der Waals surface area contributed by atoms with Crippen molar-refractivity contribution >= 4 is 17.7 Å². The predicted molar refractivity (Wildman–Crippen MR) is 85.2 cm³/mol. The topological polar surface area (TPSA) is 62.2 Å². The first-order valence-corrected chi connectivity index (χ1v) is 8.31. The molecule has 2 rings (SSSR count). The van der Waals surface area contributed by atoms with Gasteiger partial charge >= 0.3 is 0 Å². The number of hydrogen-bond donors (Lipinski definition) is 2. The molecule has 0 aliphatic heterocycles. The summed E-state index contributed by atoms with van der Waals surface area (Å²) in [6, 6.07) is 3.46. The molecule has 0 bridgehead atoms. The molecule has 2 N–H and O–H groups in total. The molecule has 1 aromatic rings. The van der Waals surface area contributed by atoms with Crippen molar-refractivity contribution in [2.75, 3.05) is 19.4 Å². The Morgan fingerprint density at radius 1 is 1.52 bits per heavy atom. The molecule has 0 spiro atoms. The second kappa shape index (κ2) is 7.48. The number of thioether (sulfide) groups is 1. The minimum absolute atomic E-state index is 0.0537. The molecule has 0 atom stereocenters. The van der Waals surface area contributed by atoms with Gasteiger partial charge < -0.3 is 10.4 Å². The average molecular weight is 304 g/mol. The number of carbonyl (C=O) groups excluding carboxylic acids is 1. The highest BCUT2D eigenvalue weighted by atomic mass is 32.2. The number of aromatic nitrogens is 1. The Hall–Kier alpha value is -1.51. The molecular formula is C16H20N2O2S. The molecule has 112 valence electrons. The van der Waals surface area contributed by atoms with Gasteiger partial charge in [0.1, 0.15) is 5.69 Å². The van der Waals surface area contributed by atoms with Crippen LogP contribution < -0.4 is 5.32 Å². The van der Waals surface area contributed by atoms with Crippen LogP contribution in [0.1, 0.15) is 41.7 Å². The summed E-state index contributed by atoms with van der Waals surface area (Å²) in [4.78, 5) is 16.2. The number of carbonyl (C=O) groups is 1. The lowest BCUT2D eigenvalue weighted by atomic mass is 9.84. The standard InChI is InChI=1S/C16H20N2O2S/c1-21-16(8-4-9-16)12-18-15(20)14-7-6-13(11-17-14)5-2-3-10-19/h6-7,11,19H,3-4,8-10,12H2,1H3,(H,18,20). The quantitative estimate of drug-likeness (QED) is 0.815. The molecule has 0 unspecified atom stereocenters. The van der Waals surface area contributed by atoms with Crippen LogP contribution in [-0.2, 0) is 0 Å². The van der Waals surface area contributed by atoms with Gasteiger partial charge in [-0.3, -0.25) is 4.79 Å². The first-order valence-electron chi connectivity index (χ1n) is 7.08. The fourth-order valence-electron chi connectivity index (χ4n) is 2.18. The van der Waals surface area contributed by atoms with Gasteiger partial charge in [0.15, 0.2) is 0 Å². The highest BCUT2D eigenvalue weighted by molar-refractivity contribution is 8.00. The van der Waals surface area contributed by atoms with E-state index in [1.54, 1.807) is 18.3 Å². The van der Waals surface area contributed by atoms with Crippen LogP contribution in [-0.4, -0.2) is 40.2 Å². The van der Waals surface area contributed by atoms with Crippen LogP contribution in [0.2, 0.25) is 0 Å². The lowest BCUT2D eigenvalue weighted by Crippen LogP contribution is -2.45. The van der Waals surface area contributed by atoms with E-state index in [4.69, 9.17) is 5.11 Å². The smallest absolute Gasteiger partial charge is 0.269 e. The summed E-state index contributed by atoms with van der Waals surface area (Å²) in [5.41, 5.74) is 1.16. The van der Waals surface area contributed by atoms with Gasteiger partial charge in [0.25, 0.3) is 5.91 Å². The van der Waals surface area contributed by atoms with Crippen LogP contribution in [0.15, 0.2) is 18.3 Å². The number of amides is 1. The van der Waals surface area contributed by atoms with Gasteiger partial charge in [-0.15, -0.1) is 0 Å². The third-order valence-corrected chi connectivity index (χ3v) is 5.15. The van der Waals surface area contributed by atoms with E-state index in [0.29, 0.717) is 18.7 Å². The SMILES string of the molecule is CSC1(CNC(=O)c2ccc(C#CCCO)cn2)CCC1. The van der Waals surface area contributed by atoms with Gasteiger partial charge in [-0.25, -0.2) is 4.98 Å². The first-order chi connectivity index (χ1) is 10.2. The van der Waals surface area contributed by atoms with Crippen LogP contribution in [0.4, 0.5) is 0 Å². The first kappa shape index (κ1) is 15.9. The number of aliphatic hydroxyl groups is 1. The highest BCUT2D eigenvalue weighted by Gasteiger charge is 2.36. The van der Waals surface area contributed by atoms with Crippen molar-refractivity contribution in [2.45, 2.75) is 30.4 Å². The van der Waals surface area contributed by atoms with E-state index in [2.05, 4.69) is 28.4 Å². The van der Waals surface area contributed by atoms with Crippen molar-refractivity contribution in [2.24, 2.45) is 0 Å². The van der Waals surface area contributed by atoms with Crippen molar-refractivity contribution in [1.29, 1.82) is 0 Å². The van der Waals surface area contributed by atoms with Gasteiger partial charge in [0.05, 0.1) is 6.61 Å². The van der Waals surface area contributed by atoms with Crippen LogP contribution >= 0.6 is 11.8 Å². The Kier molecular flexibility index (Phi) is 5.66. The fraction of sp³-hybridized carbons (Fsp3) is 0.500. The molecule has 1 aromatic heterocycles. The predicted octanol–water partition coefficient (Wildman–Crippen LogP) is 1.83. The third-order valence-electron chi connectivity index (χ3n) is 3.73. The van der Waals surface area contributed by atoms with E-state index < -0.39 is 0 Å². The Balaban J connectivity index is 1.89. The summed E-state index contributed by atoms with van der Waals surface area (Å²) in [6.07, 6.45) is 7.72. The molecule has 4 nitrogen and oxygen atoms in total. The van der Waals surface area contributed by atoms with Crippen molar-refractivity contribution in [3.05, 3.63) is 29.6 Å². The molecule has 5 heteroatoms. The van der Waals surface area contributed by atoms with E-state index in [1.165, 1.54) is 19.3 Å². The summed E-state index contributed by atoms with van der Waals surface area (Å²) in [6.45, 7) is 0.755. The maximum Gasteiger partial charge on any atom is 0.269 e. The second-order valence-electron chi connectivity index (χ2n) is 5.13. The zero-order chi connectivity index (χ0) is 15.1. The molecule has 1 amide bonds. The molecule has 1 fully saturated rings. The van der Waals surface area contributed by atoms with Crippen LogP contribution in [0.3, 0.4) is 0 Å². The third kappa shape index (κ3) is 4.23. The molecule has 1 heterocycles. The normalized spacial score (nSPS) is 15.5. The average Bonchev–Trinajstić information content (AvgIpc) is 2.47. The molecule has 1 aliphatic rings. The summed E-state index contributed by atoms with van der Waals surface area (Å²) in [5, 5.41) is 11.6. The lowest BCUT2D eigenvalue weighted by molar-refractivity contribution is 0.0939. The largest absolute Gasteiger partial charge is 0.395 e. The molecule has 21 heavy (non-hydrogen) atoms. The van der Waals surface area contributed by atoms with Gasteiger partial charge in [-0.05, 0) is 31.2 Å². The minimum atomic E-state index is -0.134. The van der Waals surface area contributed by atoms with Crippen molar-refractivity contribution in [3.8, 4) is 11.8 Å². The number of nitrogens with one attached hydrogen (secondary N) is 1. The van der Waals surface area contributed by atoms with Crippen molar-refractivity contribution < 1.29 is 9.90 Å². The Bertz CT molecular complexity index is 536. The Morgan fingerprint density at radius 2 is 2.33 bits per heavy atom. The van der Waals surface area contributed by atoms with Gasteiger partial charge in [-0.1, -0.05) is 18.3 Å². The lowest BCUT2D eigenvalue weighted by Gasteiger charge is -2.40. The molecule has 0 aromatic carbocycles. The van der Waals surface area contributed by atoms with Gasteiger partial charge in [0.2, 0.25) is 0 Å². The van der Waals surface area contributed by atoms with Crippen LogP contribution in [0.5, 0.6) is 0 Å². The number of pyridine rings is 1. The minimum Gasteiger partial charge on any atom is -0.395 e. The molecule has 1 aliphatic carbocycles. The molecular weight excluding hydrogens is 284 g/mol. The number of hydrogen-bond acceptors (Lipinski definition) is 4. The van der Waals surface area contributed by atoms with E-state index in [9.17, 15) is 4.79 Å². The Morgan fingerprint density at radius 3 is 2.86 bits per heavy atom. The van der Waals surface area contributed by atoms with Crippen molar-refractivity contribution in [3.63, 3.8) is 0 Å². The van der Waals surface area contributed by atoms with Gasteiger partial charge in [-0.2, -0.15) is 11.8 Å². The maximum atomic E-state index is 12.1. The maximum absolute atomic E-state index is 12.1. The van der Waals surface area contributed by atoms with E-state index in [1.807, 2.05) is 11.8 Å². The summed E-state index contributed by atoms with van der Waals surface area (Å²) >= 11 is 1.84. The summed E-state index contributed by atoms with van der Waals surface area (Å²) < 4.78 is 0.228. The van der Waals surface area contributed by atoms with Crippen LogP contribution in [0, 0.1) is 11.8 Å². The zero-order valence-electron chi connectivity index (χ0n) is 12.2.